The van der Waals surface area contributed by atoms with E-state index in [-0.39, 0.29) is 18.1 Å². The molecule has 17 heavy (non-hydrogen) atoms. The van der Waals surface area contributed by atoms with Crippen molar-refractivity contribution in [1.29, 1.82) is 0 Å². The van der Waals surface area contributed by atoms with Gasteiger partial charge in [-0.1, -0.05) is 23.7 Å². The van der Waals surface area contributed by atoms with Gasteiger partial charge in [0.15, 0.2) is 0 Å². The minimum atomic E-state index is -3.59. The van der Waals surface area contributed by atoms with Gasteiger partial charge in [0.25, 0.3) is 0 Å². The highest BCUT2D eigenvalue weighted by Crippen LogP contribution is 2.09. The quantitative estimate of drug-likeness (QED) is 0.827. The lowest BCUT2D eigenvalue weighted by Crippen LogP contribution is -2.27. The summed E-state index contributed by atoms with van der Waals surface area (Å²) in [6, 6.07) is 6.99. The minimum Gasteiger partial charge on any atom is -0.352 e. The Morgan fingerprint density at radius 2 is 1.88 bits per heavy atom. The number of hydrogen-bond acceptors (Lipinski definition) is 3. The third-order valence-corrected chi connectivity index (χ3v) is 3.04. The summed E-state index contributed by atoms with van der Waals surface area (Å²) in [7, 11) is -3.59. The van der Waals surface area contributed by atoms with E-state index in [1.807, 2.05) is 0 Å². The second kappa shape index (κ2) is 6.00. The molecule has 1 aromatic rings. The van der Waals surface area contributed by atoms with Gasteiger partial charge in [0.1, 0.15) is 0 Å². The Bertz CT molecular complexity index is 485. The first-order valence-corrected chi connectivity index (χ1v) is 6.98. The molecule has 3 N–H and O–H groups in total. The lowest BCUT2D eigenvalue weighted by Gasteiger charge is -2.04. The van der Waals surface area contributed by atoms with Crippen LogP contribution in [0.3, 0.4) is 0 Å². The summed E-state index contributed by atoms with van der Waals surface area (Å²) in [6.45, 7) is 0.334. The van der Waals surface area contributed by atoms with Gasteiger partial charge in [0, 0.05) is 18.0 Å². The second-order valence-electron chi connectivity index (χ2n) is 3.52. The van der Waals surface area contributed by atoms with E-state index in [1.165, 1.54) is 0 Å². The number of carbonyl (C=O) groups excluding carboxylic acids is 1. The average molecular weight is 277 g/mol. The van der Waals surface area contributed by atoms with Gasteiger partial charge in [-0.2, -0.15) is 0 Å². The van der Waals surface area contributed by atoms with Gasteiger partial charge in [-0.05, 0) is 17.7 Å². The molecule has 1 aromatic carbocycles. The number of hydrogen-bond donors (Lipinski definition) is 2. The molecule has 1 amide bonds. The van der Waals surface area contributed by atoms with Gasteiger partial charge in [0.05, 0.1) is 5.75 Å². The smallest absolute Gasteiger partial charge is 0.221 e. The molecule has 0 saturated carbocycles. The summed E-state index contributed by atoms with van der Waals surface area (Å²) in [5, 5.41) is 7.99. The second-order valence-corrected chi connectivity index (χ2v) is 5.69. The molecule has 0 fully saturated rings. The molecular weight excluding hydrogens is 264 g/mol. The maximum Gasteiger partial charge on any atom is 0.221 e. The lowest BCUT2D eigenvalue weighted by atomic mass is 10.2. The summed E-state index contributed by atoms with van der Waals surface area (Å²) >= 11 is 5.71. The molecule has 0 aromatic heterocycles. The molecule has 1 rings (SSSR count). The predicted octanol–water partition coefficient (Wildman–Crippen LogP) is 0.635. The maximum atomic E-state index is 11.3. The van der Waals surface area contributed by atoms with Crippen LogP contribution in [0.5, 0.6) is 0 Å². The van der Waals surface area contributed by atoms with Gasteiger partial charge < -0.3 is 5.32 Å². The van der Waals surface area contributed by atoms with E-state index in [9.17, 15) is 13.2 Å². The Morgan fingerprint density at radius 3 is 2.41 bits per heavy atom. The Kier molecular flexibility index (Phi) is 4.92. The van der Waals surface area contributed by atoms with Gasteiger partial charge in [-0.25, -0.2) is 13.6 Å². The van der Waals surface area contributed by atoms with Crippen LogP contribution in [0, 0.1) is 0 Å². The number of nitrogens with two attached hydrogens (primary N) is 1. The van der Waals surface area contributed by atoms with Crippen LogP contribution in [-0.4, -0.2) is 20.1 Å². The highest BCUT2D eigenvalue weighted by Gasteiger charge is 2.07. The first kappa shape index (κ1) is 14.0. The molecular formula is C10H13ClN2O3S. The van der Waals surface area contributed by atoms with Crippen molar-refractivity contribution in [3.63, 3.8) is 0 Å². The molecule has 0 radical (unpaired) electrons. The molecule has 0 spiro atoms. The van der Waals surface area contributed by atoms with E-state index in [1.54, 1.807) is 24.3 Å². The number of sulfonamides is 1. The molecule has 0 bridgehead atoms. The fraction of sp³-hybridized carbons (Fsp3) is 0.300. The molecule has 0 aliphatic carbocycles. The third kappa shape index (κ3) is 6.25. The Labute approximate surface area is 105 Å². The zero-order valence-electron chi connectivity index (χ0n) is 9.02. The normalized spacial score (nSPS) is 11.2. The highest BCUT2D eigenvalue weighted by molar-refractivity contribution is 7.89. The number of halogens is 1. The molecule has 5 nitrogen and oxygen atoms in total. The van der Waals surface area contributed by atoms with Crippen molar-refractivity contribution in [3.05, 3.63) is 34.9 Å². The summed E-state index contributed by atoms with van der Waals surface area (Å²) in [5.74, 6) is -0.701. The molecule has 0 aliphatic heterocycles. The molecule has 0 heterocycles. The number of amides is 1. The average Bonchev–Trinajstić information content (AvgIpc) is 2.25. The van der Waals surface area contributed by atoms with Crippen LogP contribution in [-0.2, 0) is 21.4 Å². The lowest BCUT2D eigenvalue weighted by molar-refractivity contribution is -0.120. The van der Waals surface area contributed by atoms with Crippen LogP contribution in [0.25, 0.3) is 0 Å². The number of rotatable bonds is 5. The van der Waals surface area contributed by atoms with Crippen LogP contribution in [0.1, 0.15) is 12.0 Å². The van der Waals surface area contributed by atoms with Crippen molar-refractivity contribution < 1.29 is 13.2 Å². The van der Waals surface area contributed by atoms with E-state index in [0.717, 1.165) is 5.56 Å². The van der Waals surface area contributed by atoms with Crippen molar-refractivity contribution in [3.8, 4) is 0 Å². The van der Waals surface area contributed by atoms with Crippen LogP contribution in [0.4, 0.5) is 0 Å². The summed E-state index contributed by atoms with van der Waals surface area (Å²) < 4.78 is 21.3. The first-order chi connectivity index (χ1) is 7.87. The van der Waals surface area contributed by atoms with E-state index in [0.29, 0.717) is 11.6 Å². The van der Waals surface area contributed by atoms with Crippen molar-refractivity contribution in [2.45, 2.75) is 13.0 Å². The molecule has 0 aliphatic rings. The largest absolute Gasteiger partial charge is 0.352 e. The van der Waals surface area contributed by atoms with E-state index >= 15 is 0 Å². The van der Waals surface area contributed by atoms with E-state index in [4.69, 9.17) is 16.7 Å². The van der Waals surface area contributed by atoms with Crippen molar-refractivity contribution in [2.75, 3.05) is 5.75 Å². The van der Waals surface area contributed by atoms with Gasteiger partial charge in [-0.15, -0.1) is 0 Å². The summed E-state index contributed by atoms with van der Waals surface area (Å²) in [5.41, 5.74) is 0.887. The number of carbonyl (C=O) groups is 1. The molecule has 7 heteroatoms. The molecule has 0 saturated heterocycles. The van der Waals surface area contributed by atoms with Crippen LogP contribution < -0.4 is 10.5 Å². The summed E-state index contributed by atoms with van der Waals surface area (Å²) in [6.07, 6.45) is -0.133. The number of nitrogens with one attached hydrogen (secondary N) is 1. The Hall–Kier alpha value is -1.11. The van der Waals surface area contributed by atoms with Gasteiger partial charge in [0.2, 0.25) is 15.9 Å². The predicted molar refractivity (Wildman–Crippen MR) is 65.9 cm³/mol. The Balaban J connectivity index is 2.36. The van der Waals surface area contributed by atoms with E-state index in [2.05, 4.69) is 5.32 Å². The molecule has 94 valence electrons. The standard InChI is InChI=1S/C10H13ClN2O3S/c11-9-3-1-8(2-4-9)7-13-10(14)5-6-17(12,15)16/h1-4H,5-7H2,(H,13,14)(H2,12,15,16). The minimum absolute atomic E-state index is 0.133. The fourth-order valence-corrected chi connectivity index (χ4v) is 1.72. The topological polar surface area (TPSA) is 89.3 Å². The number of benzene rings is 1. The first-order valence-electron chi connectivity index (χ1n) is 4.88. The van der Waals surface area contributed by atoms with Crippen molar-refractivity contribution >= 4 is 27.5 Å². The molecule has 0 unspecified atom stereocenters. The SMILES string of the molecule is NS(=O)(=O)CCC(=O)NCc1ccc(Cl)cc1. The monoisotopic (exact) mass is 276 g/mol. The fourth-order valence-electron chi connectivity index (χ4n) is 1.13. The Morgan fingerprint density at radius 1 is 1.29 bits per heavy atom. The van der Waals surface area contributed by atoms with Crippen LogP contribution in [0.2, 0.25) is 5.02 Å². The highest BCUT2D eigenvalue weighted by atomic mass is 35.5. The van der Waals surface area contributed by atoms with Crippen LogP contribution in [0.15, 0.2) is 24.3 Å². The van der Waals surface area contributed by atoms with E-state index < -0.39 is 10.0 Å². The third-order valence-electron chi connectivity index (χ3n) is 2.02. The maximum absolute atomic E-state index is 11.3. The number of primary sulfonamides is 1. The van der Waals surface area contributed by atoms with Gasteiger partial charge >= 0.3 is 0 Å². The zero-order chi connectivity index (χ0) is 12.9. The van der Waals surface area contributed by atoms with Gasteiger partial charge in [-0.3, -0.25) is 4.79 Å². The van der Waals surface area contributed by atoms with Crippen LogP contribution >= 0.6 is 11.6 Å². The molecule has 0 atom stereocenters. The van der Waals surface area contributed by atoms with Crippen molar-refractivity contribution in [2.24, 2.45) is 5.14 Å². The summed E-state index contributed by atoms with van der Waals surface area (Å²) in [4.78, 5) is 11.3. The van der Waals surface area contributed by atoms with Crippen molar-refractivity contribution in [1.82, 2.24) is 5.32 Å². The zero-order valence-corrected chi connectivity index (χ0v) is 10.6.